The minimum atomic E-state index is -0.800. The minimum Gasteiger partial charge on any atom is -0.480 e. The molecule has 3 rings (SSSR count). The molecule has 0 saturated heterocycles. The fourth-order valence-electron chi connectivity index (χ4n) is 2.81. The predicted molar refractivity (Wildman–Crippen MR) is 74.1 cm³/mol. The van der Waals surface area contributed by atoms with Gasteiger partial charge in [-0.15, -0.1) is 0 Å². The third kappa shape index (κ3) is 2.20. The van der Waals surface area contributed by atoms with Gasteiger partial charge >= 0.3 is 5.97 Å². The average Bonchev–Trinajstić information content (AvgIpc) is 2.83. The lowest BCUT2D eigenvalue weighted by molar-refractivity contribution is -0.144. The lowest BCUT2D eigenvalue weighted by Gasteiger charge is -2.34. The topological polar surface area (TPSA) is 58.4 Å². The van der Waals surface area contributed by atoms with Gasteiger partial charge in [0.25, 0.3) is 0 Å². The fraction of sp³-hybridized carbons (Fsp3) is 0.333. The molecule has 1 aromatic heterocycles. The average molecular weight is 271 g/mol. The van der Waals surface area contributed by atoms with Gasteiger partial charge in [-0.2, -0.15) is 0 Å². The van der Waals surface area contributed by atoms with Crippen LogP contribution in [0.25, 0.3) is 0 Å². The van der Waals surface area contributed by atoms with E-state index in [1.807, 2.05) is 47.0 Å². The second-order valence-electron chi connectivity index (χ2n) is 5.11. The molecule has 5 heteroatoms. The maximum absolute atomic E-state index is 11.7. The van der Waals surface area contributed by atoms with Crippen LogP contribution in [-0.4, -0.2) is 32.1 Å². The molecular formula is C15H17N3O2. The SMILES string of the molecule is Cn1ccnc1CN1CCc2ccccc2C1C(=O)O. The normalized spacial score (nSPS) is 18.8. The Hall–Kier alpha value is -2.14. The quantitative estimate of drug-likeness (QED) is 0.921. The fourth-order valence-corrected chi connectivity index (χ4v) is 2.81. The molecule has 1 aliphatic heterocycles. The van der Waals surface area contributed by atoms with Crippen molar-refractivity contribution < 1.29 is 9.90 Å². The lowest BCUT2D eigenvalue weighted by Crippen LogP contribution is -2.39. The molecule has 0 radical (unpaired) electrons. The van der Waals surface area contributed by atoms with Gasteiger partial charge in [0.05, 0.1) is 6.54 Å². The molecule has 2 heterocycles. The Morgan fingerprint density at radius 1 is 1.45 bits per heavy atom. The zero-order valence-electron chi connectivity index (χ0n) is 11.4. The maximum Gasteiger partial charge on any atom is 0.325 e. The molecule has 1 atom stereocenters. The highest BCUT2D eigenvalue weighted by Crippen LogP contribution is 2.30. The smallest absolute Gasteiger partial charge is 0.325 e. The Bertz CT molecular complexity index is 636. The summed E-state index contributed by atoms with van der Waals surface area (Å²) < 4.78 is 1.93. The van der Waals surface area contributed by atoms with Crippen molar-refractivity contribution in [3.05, 3.63) is 53.6 Å². The van der Waals surface area contributed by atoms with Crippen molar-refractivity contribution in [2.75, 3.05) is 6.54 Å². The highest BCUT2D eigenvalue weighted by Gasteiger charge is 2.33. The van der Waals surface area contributed by atoms with Gasteiger partial charge in [-0.1, -0.05) is 24.3 Å². The predicted octanol–water partition coefficient (Wildman–Crippen LogP) is 1.60. The summed E-state index contributed by atoms with van der Waals surface area (Å²) in [5.41, 5.74) is 2.04. The van der Waals surface area contributed by atoms with E-state index in [1.165, 1.54) is 0 Å². The Balaban J connectivity index is 1.92. The van der Waals surface area contributed by atoms with Crippen molar-refractivity contribution in [1.82, 2.24) is 14.5 Å². The standard InChI is InChI=1S/C15H17N3O2/c1-17-9-7-16-13(17)10-18-8-6-11-4-2-3-5-12(11)14(18)15(19)20/h2-5,7,9,14H,6,8,10H2,1H3,(H,19,20). The first-order chi connectivity index (χ1) is 9.66. The summed E-state index contributed by atoms with van der Waals surface area (Å²) in [4.78, 5) is 17.9. The van der Waals surface area contributed by atoms with Crippen molar-refractivity contribution >= 4 is 5.97 Å². The number of aromatic nitrogens is 2. The summed E-state index contributed by atoms with van der Waals surface area (Å²) in [5, 5.41) is 9.58. The van der Waals surface area contributed by atoms with Gasteiger partial charge in [-0.25, -0.2) is 4.98 Å². The first-order valence-corrected chi connectivity index (χ1v) is 6.67. The molecule has 2 aromatic rings. The number of hydrogen-bond acceptors (Lipinski definition) is 3. The molecular weight excluding hydrogens is 254 g/mol. The van der Waals surface area contributed by atoms with Crippen LogP contribution in [0.1, 0.15) is 23.0 Å². The van der Waals surface area contributed by atoms with Gasteiger partial charge in [0.1, 0.15) is 11.9 Å². The summed E-state index contributed by atoms with van der Waals surface area (Å²) >= 11 is 0. The van der Waals surface area contributed by atoms with Crippen molar-refractivity contribution in [2.45, 2.75) is 19.0 Å². The van der Waals surface area contributed by atoms with Crippen LogP contribution in [0, 0.1) is 0 Å². The van der Waals surface area contributed by atoms with Gasteiger partial charge in [-0.3, -0.25) is 9.69 Å². The lowest BCUT2D eigenvalue weighted by atomic mass is 9.92. The van der Waals surface area contributed by atoms with Crippen LogP contribution in [0.4, 0.5) is 0 Å². The van der Waals surface area contributed by atoms with Crippen LogP contribution >= 0.6 is 0 Å². The molecule has 0 saturated carbocycles. The molecule has 0 fully saturated rings. The molecule has 20 heavy (non-hydrogen) atoms. The minimum absolute atomic E-state index is 0.550. The third-order valence-electron chi connectivity index (χ3n) is 3.88. The number of aliphatic carboxylic acids is 1. The molecule has 0 amide bonds. The largest absolute Gasteiger partial charge is 0.480 e. The molecule has 1 unspecified atom stereocenters. The summed E-state index contributed by atoms with van der Waals surface area (Å²) in [7, 11) is 1.93. The molecule has 0 spiro atoms. The van der Waals surface area contributed by atoms with E-state index in [1.54, 1.807) is 6.20 Å². The van der Waals surface area contributed by atoms with E-state index in [0.717, 1.165) is 29.9 Å². The Morgan fingerprint density at radius 2 is 2.25 bits per heavy atom. The van der Waals surface area contributed by atoms with E-state index in [9.17, 15) is 9.90 Å². The number of hydrogen-bond donors (Lipinski definition) is 1. The van der Waals surface area contributed by atoms with E-state index >= 15 is 0 Å². The maximum atomic E-state index is 11.7. The number of nitrogens with zero attached hydrogens (tertiary/aromatic N) is 3. The number of carbonyl (C=O) groups is 1. The van der Waals surface area contributed by atoms with Crippen molar-refractivity contribution in [3.63, 3.8) is 0 Å². The number of rotatable bonds is 3. The van der Waals surface area contributed by atoms with E-state index in [-0.39, 0.29) is 0 Å². The molecule has 104 valence electrons. The number of fused-ring (bicyclic) bond motifs is 1. The van der Waals surface area contributed by atoms with E-state index in [2.05, 4.69) is 4.98 Å². The third-order valence-corrected chi connectivity index (χ3v) is 3.88. The summed E-state index contributed by atoms with van der Waals surface area (Å²) in [6, 6.07) is 7.21. The number of imidazole rings is 1. The van der Waals surface area contributed by atoms with Crippen LogP contribution in [0.3, 0.4) is 0 Å². The van der Waals surface area contributed by atoms with Crippen LogP contribution in [0.2, 0.25) is 0 Å². The van der Waals surface area contributed by atoms with Gasteiger partial charge < -0.3 is 9.67 Å². The number of carboxylic acid groups (broad SMARTS) is 1. The Morgan fingerprint density at radius 3 is 2.95 bits per heavy atom. The second-order valence-corrected chi connectivity index (χ2v) is 5.11. The van der Waals surface area contributed by atoms with Crippen LogP contribution in [-0.2, 0) is 24.8 Å². The molecule has 1 aromatic carbocycles. The van der Waals surface area contributed by atoms with E-state index in [4.69, 9.17) is 0 Å². The zero-order chi connectivity index (χ0) is 14.1. The Kier molecular flexibility index (Phi) is 3.28. The van der Waals surface area contributed by atoms with Crippen molar-refractivity contribution in [2.24, 2.45) is 7.05 Å². The van der Waals surface area contributed by atoms with Gasteiger partial charge in [-0.05, 0) is 17.5 Å². The Labute approximate surface area is 117 Å². The molecule has 1 aliphatic rings. The van der Waals surface area contributed by atoms with Crippen molar-refractivity contribution in [1.29, 1.82) is 0 Å². The molecule has 0 bridgehead atoms. The molecule has 1 N–H and O–H groups in total. The number of carboxylic acids is 1. The van der Waals surface area contributed by atoms with Crippen LogP contribution in [0.5, 0.6) is 0 Å². The number of aryl methyl sites for hydroxylation is 1. The van der Waals surface area contributed by atoms with Crippen LogP contribution < -0.4 is 0 Å². The van der Waals surface area contributed by atoms with Gasteiger partial charge in [0.15, 0.2) is 0 Å². The van der Waals surface area contributed by atoms with Gasteiger partial charge in [0, 0.05) is 26.0 Å². The summed E-state index contributed by atoms with van der Waals surface area (Å²) in [6.07, 6.45) is 4.50. The highest BCUT2D eigenvalue weighted by molar-refractivity contribution is 5.76. The second kappa shape index (κ2) is 5.09. The monoisotopic (exact) mass is 271 g/mol. The first-order valence-electron chi connectivity index (χ1n) is 6.67. The summed E-state index contributed by atoms with van der Waals surface area (Å²) in [5.74, 6) is 0.0852. The van der Waals surface area contributed by atoms with Crippen molar-refractivity contribution in [3.8, 4) is 0 Å². The highest BCUT2D eigenvalue weighted by atomic mass is 16.4. The number of benzene rings is 1. The first kappa shape index (κ1) is 12.9. The molecule has 0 aliphatic carbocycles. The summed E-state index contributed by atoms with van der Waals surface area (Å²) in [6.45, 7) is 1.29. The molecule has 5 nitrogen and oxygen atoms in total. The zero-order valence-corrected chi connectivity index (χ0v) is 11.4. The van der Waals surface area contributed by atoms with Crippen LogP contribution in [0.15, 0.2) is 36.7 Å². The van der Waals surface area contributed by atoms with E-state index in [0.29, 0.717) is 6.54 Å². The van der Waals surface area contributed by atoms with E-state index < -0.39 is 12.0 Å². The van der Waals surface area contributed by atoms with Gasteiger partial charge in [0.2, 0.25) is 0 Å².